The number of aromatic nitrogens is 4. The first-order valence-electron chi connectivity index (χ1n) is 4.79. The number of carbonyl (C=O) groups excluding carboxylic acids is 1. The molecular weight excluding hydrogens is 226 g/mol. The van der Waals surface area contributed by atoms with Crippen LogP contribution in [0.2, 0.25) is 0 Å². The molecule has 2 aromatic heterocycles. The molecule has 8 nitrogen and oxygen atoms in total. The van der Waals surface area contributed by atoms with Gasteiger partial charge in [0.05, 0.1) is 13.7 Å². The van der Waals surface area contributed by atoms with Gasteiger partial charge in [0.25, 0.3) is 0 Å². The topological polar surface area (TPSA) is 109 Å². The Hall–Kier alpha value is -2.38. The van der Waals surface area contributed by atoms with Gasteiger partial charge in [-0.15, -0.1) is 0 Å². The molecule has 90 valence electrons. The number of carbonyl (C=O) groups is 1. The normalized spacial score (nSPS) is 10.5. The highest BCUT2D eigenvalue weighted by Crippen LogP contribution is 2.16. The molecule has 0 saturated heterocycles. The van der Waals surface area contributed by atoms with Gasteiger partial charge in [-0.1, -0.05) is 5.16 Å². The summed E-state index contributed by atoms with van der Waals surface area (Å²) in [4.78, 5) is 19.3. The summed E-state index contributed by atoms with van der Waals surface area (Å²) < 4.78 is 10.8. The number of methoxy groups -OCH3 is 1. The second-order valence-corrected chi connectivity index (χ2v) is 3.32. The van der Waals surface area contributed by atoms with E-state index in [9.17, 15) is 4.79 Å². The van der Waals surface area contributed by atoms with Crippen molar-refractivity contribution < 1.29 is 14.1 Å². The standard InChI is InChI=1S/C9H11N5O3/c1-5-12-7(9(15)16-2)8(10)14(5)3-6-11-4-17-13-6/h4H,3,10H2,1-2H3. The van der Waals surface area contributed by atoms with Gasteiger partial charge in [0.15, 0.2) is 11.5 Å². The monoisotopic (exact) mass is 237 g/mol. The van der Waals surface area contributed by atoms with Crippen LogP contribution in [0.4, 0.5) is 5.82 Å². The van der Waals surface area contributed by atoms with E-state index in [-0.39, 0.29) is 18.1 Å². The number of nitrogens with zero attached hydrogens (tertiary/aromatic N) is 4. The number of aryl methyl sites for hydroxylation is 1. The van der Waals surface area contributed by atoms with Crippen LogP contribution in [0.25, 0.3) is 0 Å². The van der Waals surface area contributed by atoms with Crippen molar-refractivity contribution in [2.75, 3.05) is 12.8 Å². The summed E-state index contributed by atoms with van der Waals surface area (Å²) in [5, 5.41) is 3.66. The average molecular weight is 237 g/mol. The third-order valence-corrected chi connectivity index (χ3v) is 2.28. The van der Waals surface area contributed by atoms with Crippen LogP contribution in [-0.2, 0) is 11.3 Å². The fraction of sp³-hybridized carbons (Fsp3) is 0.333. The fourth-order valence-corrected chi connectivity index (χ4v) is 1.43. The Labute approximate surface area is 96.4 Å². The number of nitrogen functional groups attached to an aromatic ring is 1. The lowest BCUT2D eigenvalue weighted by Gasteiger charge is -2.03. The molecule has 0 atom stereocenters. The highest BCUT2D eigenvalue weighted by molar-refractivity contribution is 5.92. The van der Waals surface area contributed by atoms with Crippen LogP contribution in [0.5, 0.6) is 0 Å². The molecule has 0 bridgehead atoms. The molecule has 17 heavy (non-hydrogen) atoms. The fourth-order valence-electron chi connectivity index (χ4n) is 1.43. The quantitative estimate of drug-likeness (QED) is 0.747. The Kier molecular flexibility index (Phi) is 2.77. The first kappa shape index (κ1) is 11.1. The number of rotatable bonds is 3. The average Bonchev–Trinajstić information content (AvgIpc) is 2.91. The van der Waals surface area contributed by atoms with Crippen LogP contribution in [-0.4, -0.2) is 32.8 Å². The Morgan fingerprint density at radius 3 is 3.00 bits per heavy atom. The van der Waals surface area contributed by atoms with Crippen molar-refractivity contribution in [3.63, 3.8) is 0 Å². The zero-order valence-electron chi connectivity index (χ0n) is 9.38. The molecule has 8 heteroatoms. The van der Waals surface area contributed by atoms with Crippen molar-refractivity contribution in [2.45, 2.75) is 13.5 Å². The van der Waals surface area contributed by atoms with E-state index in [0.717, 1.165) is 0 Å². The van der Waals surface area contributed by atoms with Crippen molar-refractivity contribution in [3.05, 3.63) is 23.7 Å². The molecule has 0 unspecified atom stereocenters. The highest BCUT2D eigenvalue weighted by Gasteiger charge is 2.19. The maximum absolute atomic E-state index is 11.4. The van der Waals surface area contributed by atoms with Gasteiger partial charge in [-0.2, -0.15) is 4.98 Å². The number of esters is 1. The Balaban J connectivity index is 2.35. The van der Waals surface area contributed by atoms with Crippen molar-refractivity contribution in [1.29, 1.82) is 0 Å². The van der Waals surface area contributed by atoms with Gasteiger partial charge in [-0.25, -0.2) is 9.78 Å². The van der Waals surface area contributed by atoms with Crippen LogP contribution in [0.1, 0.15) is 22.1 Å². The minimum atomic E-state index is -0.572. The molecule has 0 saturated carbocycles. The van der Waals surface area contributed by atoms with E-state index in [1.54, 1.807) is 11.5 Å². The van der Waals surface area contributed by atoms with Crippen LogP contribution in [0.3, 0.4) is 0 Å². The highest BCUT2D eigenvalue weighted by atomic mass is 16.5. The van der Waals surface area contributed by atoms with Crippen molar-refractivity contribution >= 4 is 11.8 Å². The summed E-state index contributed by atoms with van der Waals surface area (Å²) in [6, 6.07) is 0. The number of anilines is 1. The SMILES string of the molecule is COC(=O)c1nc(C)n(Cc2ncon2)c1N. The minimum Gasteiger partial charge on any atom is -0.464 e. The molecule has 2 aromatic rings. The van der Waals surface area contributed by atoms with E-state index in [1.807, 2.05) is 0 Å². The van der Waals surface area contributed by atoms with Gasteiger partial charge >= 0.3 is 5.97 Å². The van der Waals surface area contributed by atoms with E-state index in [1.165, 1.54) is 13.5 Å². The van der Waals surface area contributed by atoms with Crippen LogP contribution < -0.4 is 5.73 Å². The van der Waals surface area contributed by atoms with Crippen LogP contribution >= 0.6 is 0 Å². The molecule has 0 radical (unpaired) electrons. The zero-order chi connectivity index (χ0) is 12.4. The minimum absolute atomic E-state index is 0.0912. The molecule has 2 N–H and O–H groups in total. The Bertz CT molecular complexity index is 531. The predicted molar refractivity (Wildman–Crippen MR) is 56.1 cm³/mol. The number of hydrogen-bond donors (Lipinski definition) is 1. The van der Waals surface area contributed by atoms with E-state index < -0.39 is 5.97 Å². The lowest BCUT2D eigenvalue weighted by Crippen LogP contribution is -2.10. The molecule has 0 aliphatic carbocycles. The van der Waals surface area contributed by atoms with Crippen LogP contribution in [0, 0.1) is 6.92 Å². The van der Waals surface area contributed by atoms with E-state index in [0.29, 0.717) is 11.6 Å². The summed E-state index contributed by atoms with van der Waals surface area (Å²) in [7, 11) is 1.27. The second-order valence-electron chi connectivity index (χ2n) is 3.32. The molecule has 0 aliphatic rings. The smallest absolute Gasteiger partial charge is 0.360 e. The summed E-state index contributed by atoms with van der Waals surface area (Å²) in [5.74, 6) is 0.679. The molecule has 0 spiro atoms. The largest absolute Gasteiger partial charge is 0.464 e. The summed E-state index contributed by atoms with van der Waals surface area (Å²) in [5.41, 5.74) is 5.90. The number of ether oxygens (including phenoxy) is 1. The third-order valence-electron chi connectivity index (χ3n) is 2.28. The number of nitrogens with two attached hydrogens (primary N) is 1. The lowest BCUT2D eigenvalue weighted by atomic mass is 10.4. The summed E-state index contributed by atoms with van der Waals surface area (Å²) >= 11 is 0. The number of imidazole rings is 1. The third kappa shape index (κ3) is 1.96. The maximum Gasteiger partial charge on any atom is 0.360 e. The molecule has 0 aliphatic heterocycles. The first-order valence-corrected chi connectivity index (χ1v) is 4.79. The summed E-state index contributed by atoms with van der Waals surface area (Å²) in [6.45, 7) is 2.01. The van der Waals surface area contributed by atoms with Gasteiger partial charge in [0.1, 0.15) is 11.6 Å². The van der Waals surface area contributed by atoms with Gasteiger partial charge < -0.3 is 19.6 Å². The van der Waals surface area contributed by atoms with E-state index >= 15 is 0 Å². The predicted octanol–water partition coefficient (Wildman–Crippen LogP) is -0.00838. The van der Waals surface area contributed by atoms with Crippen molar-refractivity contribution in [1.82, 2.24) is 19.7 Å². The van der Waals surface area contributed by atoms with Crippen molar-refractivity contribution in [3.8, 4) is 0 Å². The summed E-state index contributed by atoms with van der Waals surface area (Å²) in [6.07, 6.45) is 1.22. The van der Waals surface area contributed by atoms with Gasteiger partial charge in [0, 0.05) is 0 Å². The number of hydrogen-bond acceptors (Lipinski definition) is 7. The maximum atomic E-state index is 11.4. The first-order chi connectivity index (χ1) is 8.13. The molecule has 0 amide bonds. The molecule has 0 fully saturated rings. The van der Waals surface area contributed by atoms with Crippen molar-refractivity contribution in [2.24, 2.45) is 0 Å². The molecule has 2 heterocycles. The Morgan fingerprint density at radius 2 is 2.41 bits per heavy atom. The van der Waals surface area contributed by atoms with Crippen LogP contribution in [0.15, 0.2) is 10.9 Å². The second kappa shape index (κ2) is 4.24. The van der Waals surface area contributed by atoms with Gasteiger partial charge in [-0.05, 0) is 6.92 Å². The van der Waals surface area contributed by atoms with Gasteiger partial charge in [0.2, 0.25) is 6.39 Å². The zero-order valence-corrected chi connectivity index (χ0v) is 9.38. The van der Waals surface area contributed by atoms with Gasteiger partial charge in [-0.3, -0.25) is 0 Å². The van der Waals surface area contributed by atoms with E-state index in [2.05, 4.69) is 24.4 Å². The van der Waals surface area contributed by atoms with E-state index in [4.69, 9.17) is 5.73 Å². The lowest BCUT2D eigenvalue weighted by molar-refractivity contribution is 0.0595. The molecule has 2 rings (SSSR count). The molecule has 0 aromatic carbocycles. The Morgan fingerprint density at radius 1 is 1.65 bits per heavy atom. The molecular formula is C9H11N5O3.